The summed E-state index contributed by atoms with van der Waals surface area (Å²) in [7, 11) is 0. The summed E-state index contributed by atoms with van der Waals surface area (Å²) in [4.78, 5) is 16.4. The Hall–Kier alpha value is -2.29. The van der Waals surface area contributed by atoms with Gasteiger partial charge in [-0.2, -0.15) is 0 Å². The maximum Gasteiger partial charge on any atom is 0.151 e. The fourth-order valence-electron chi connectivity index (χ4n) is 4.57. The summed E-state index contributed by atoms with van der Waals surface area (Å²) in [6.45, 7) is 1.86. The Bertz CT molecular complexity index is 913. The van der Waals surface area contributed by atoms with Crippen LogP contribution in [0.4, 0.5) is 4.39 Å². The topological polar surface area (TPSA) is 29.4 Å². The van der Waals surface area contributed by atoms with E-state index in [1.165, 1.54) is 11.6 Å². The summed E-state index contributed by atoms with van der Waals surface area (Å²) in [5.41, 5.74) is 1.57. The van der Waals surface area contributed by atoms with Crippen LogP contribution in [0.3, 0.4) is 0 Å². The molecule has 2 nitrogen and oxygen atoms in total. The largest absolute Gasteiger partial charge is 0.300 e. The third-order valence-corrected chi connectivity index (χ3v) is 5.78. The highest BCUT2D eigenvalue weighted by Gasteiger charge is 2.38. The molecule has 0 spiro atoms. The van der Waals surface area contributed by atoms with Crippen LogP contribution in [0, 0.1) is 11.7 Å². The van der Waals surface area contributed by atoms with Crippen molar-refractivity contribution in [1.82, 2.24) is 0 Å². The van der Waals surface area contributed by atoms with Crippen LogP contribution >= 0.6 is 0 Å². The van der Waals surface area contributed by atoms with Gasteiger partial charge in [0.1, 0.15) is 11.4 Å². The summed E-state index contributed by atoms with van der Waals surface area (Å²) in [6, 6.07) is 15.3. The SMILES string of the molecule is CC1(C=O)N=c2ccc(F)cc2=C1C1CCC(c2ccccc2)CC1. The van der Waals surface area contributed by atoms with Gasteiger partial charge in [-0.05, 0) is 73.8 Å². The summed E-state index contributed by atoms with van der Waals surface area (Å²) < 4.78 is 13.8. The van der Waals surface area contributed by atoms with Gasteiger partial charge in [0.05, 0.1) is 5.36 Å². The van der Waals surface area contributed by atoms with Crippen molar-refractivity contribution in [3.05, 3.63) is 70.5 Å². The molecule has 1 saturated carbocycles. The van der Waals surface area contributed by atoms with Gasteiger partial charge in [-0.3, -0.25) is 4.99 Å². The minimum atomic E-state index is -0.847. The second-order valence-electron chi connectivity index (χ2n) is 7.41. The van der Waals surface area contributed by atoms with Crippen LogP contribution in [0.2, 0.25) is 0 Å². The van der Waals surface area contributed by atoms with Crippen LogP contribution in [0.5, 0.6) is 0 Å². The average Bonchev–Trinajstić information content (AvgIpc) is 2.94. The first-order valence-electron chi connectivity index (χ1n) is 9.02. The van der Waals surface area contributed by atoms with Gasteiger partial charge in [0, 0.05) is 5.22 Å². The van der Waals surface area contributed by atoms with Gasteiger partial charge in [0.15, 0.2) is 6.29 Å². The summed E-state index contributed by atoms with van der Waals surface area (Å²) >= 11 is 0. The number of hydrogen-bond donors (Lipinski definition) is 0. The molecule has 1 aliphatic heterocycles. The Morgan fingerprint density at radius 1 is 1.04 bits per heavy atom. The van der Waals surface area contributed by atoms with Gasteiger partial charge < -0.3 is 4.79 Å². The highest BCUT2D eigenvalue weighted by Crippen LogP contribution is 2.42. The van der Waals surface area contributed by atoms with Gasteiger partial charge in [-0.15, -0.1) is 0 Å². The van der Waals surface area contributed by atoms with Gasteiger partial charge in [-0.1, -0.05) is 30.3 Å². The van der Waals surface area contributed by atoms with Crippen molar-refractivity contribution in [2.45, 2.75) is 44.1 Å². The Labute approximate surface area is 147 Å². The molecule has 1 atom stereocenters. The first-order valence-corrected chi connectivity index (χ1v) is 9.02. The molecule has 0 radical (unpaired) electrons. The molecular weight excluding hydrogens is 313 g/mol. The van der Waals surface area contributed by atoms with Gasteiger partial charge in [0.25, 0.3) is 0 Å². The fourth-order valence-corrected chi connectivity index (χ4v) is 4.57. The van der Waals surface area contributed by atoms with Crippen molar-refractivity contribution in [2.24, 2.45) is 10.9 Å². The number of benzene rings is 2. The Morgan fingerprint density at radius 3 is 2.40 bits per heavy atom. The van der Waals surface area contributed by atoms with E-state index in [0.717, 1.165) is 48.1 Å². The predicted octanol–water partition coefficient (Wildman–Crippen LogP) is 3.54. The highest BCUT2D eigenvalue weighted by atomic mass is 19.1. The molecule has 0 bridgehead atoms. The molecule has 2 aromatic carbocycles. The van der Waals surface area contributed by atoms with E-state index < -0.39 is 5.54 Å². The number of hydrogen-bond acceptors (Lipinski definition) is 2. The number of carbonyl (C=O) groups excluding carboxylic acids is 1. The van der Waals surface area contributed by atoms with Crippen LogP contribution in [0.1, 0.15) is 44.1 Å². The zero-order chi connectivity index (χ0) is 17.4. The van der Waals surface area contributed by atoms with Crippen molar-refractivity contribution >= 4 is 11.9 Å². The van der Waals surface area contributed by atoms with Crippen molar-refractivity contribution in [2.75, 3.05) is 0 Å². The molecule has 2 aromatic rings. The van der Waals surface area contributed by atoms with E-state index in [2.05, 4.69) is 29.3 Å². The second kappa shape index (κ2) is 6.21. The molecular formula is C22H22FNO. The summed E-state index contributed by atoms with van der Waals surface area (Å²) in [6.07, 6.45) is 5.15. The number of nitrogens with zero attached hydrogens (tertiary/aromatic N) is 1. The van der Waals surface area contributed by atoms with Crippen LogP contribution < -0.4 is 10.6 Å². The zero-order valence-electron chi connectivity index (χ0n) is 14.4. The molecule has 4 rings (SSSR count). The lowest BCUT2D eigenvalue weighted by Crippen LogP contribution is -2.33. The third-order valence-electron chi connectivity index (χ3n) is 5.78. The first-order chi connectivity index (χ1) is 12.1. The van der Waals surface area contributed by atoms with Crippen molar-refractivity contribution in [3.8, 4) is 0 Å². The molecule has 1 heterocycles. The van der Waals surface area contributed by atoms with E-state index in [0.29, 0.717) is 11.8 Å². The molecule has 1 fully saturated rings. The minimum absolute atomic E-state index is 0.264. The highest BCUT2D eigenvalue weighted by molar-refractivity contribution is 5.84. The third kappa shape index (κ3) is 2.82. The van der Waals surface area contributed by atoms with Gasteiger partial charge in [0.2, 0.25) is 0 Å². The lowest BCUT2D eigenvalue weighted by Gasteiger charge is -2.33. The maximum absolute atomic E-state index is 13.8. The van der Waals surface area contributed by atoms with E-state index >= 15 is 0 Å². The quantitative estimate of drug-likeness (QED) is 0.789. The first kappa shape index (κ1) is 16.2. The summed E-state index contributed by atoms with van der Waals surface area (Å²) in [5.74, 6) is 0.604. The number of halogens is 1. The van der Waals surface area contributed by atoms with E-state index in [-0.39, 0.29) is 5.82 Å². The minimum Gasteiger partial charge on any atom is -0.300 e. The monoisotopic (exact) mass is 335 g/mol. The van der Waals surface area contributed by atoms with Crippen molar-refractivity contribution in [3.63, 3.8) is 0 Å². The molecule has 2 aliphatic rings. The average molecular weight is 335 g/mol. The smallest absolute Gasteiger partial charge is 0.151 e. The molecule has 1 unspecified atom stereocenters. The summed E-state index contributed by atoms with van der Waals surface area (Å²) in [5, 5.41) is 1.58. The van der Waals surface area contributed by atoms with Crippen LogP contribution in [0.25, 0.3) is 5.57 Å². The van der Waals surface area contributed by atoms with Gasteiger partial charge >= 0.3 is 0 Å². The lowest BCUT2D eigenvalue weighted by molar-refractivity contribution is -0.110. The molecule has 1 aliphatic carbocycles. The van der Waals surface area contributed by atoms with E-state index in [1.807, 2.05) is 13.0 Å². The van der Waals surface area contributed by atoms with Crippen LogP contribution in [-0.4, -0.2) is 11.8 Å². The fraction of sp³-hybridized carbons (Fsp3) is 0.364. The number of rotatable bonds is 3. The van der Waals surface area contributed by atoms with E-state index in [9.17, 15) is 9.18 Å². The Kier molecular flexibility index (Phi) is 4.03. The molecule has 0 N–H and O–H groups in total. The van der Waals surface area contributed by atoms with Crippen molar-refractivity contribution < 1.29 is 9.18 Å². The molecule has 0 amide bonds. The molecule has 0 saturated heterocycles. The molecule has 25 heavy (non-hydrogen) atoms. The molecule has 3 heteroatoms. The number of fused-ring (bicyclic) bond motifs is 1. The van der Waals surface area contributed by atoms with Crippen LogP contribution in [0.15, 0.2) is 53.5 Å². The normalized spacial score (nSPS) is 28.3. The van der Waals surface area contributed by atoms with Crippen molar-refractivity contribution in [1.29, 1.82) is 0 Å². The predicted molar refractivity (Wildman–Crippen MR) is 96.2 cm³/mol. The van der Waals surface area contributed by atoms with Gasteiger partial charge in [-0.25, -0.2) is 4.39 Å². The standard InChI is InChI=1S/C22H22FNO/c1-22(14-25)21(19-13-18(23)11-12-20(19)24-22)17-9-7-16(8-10-17)15-5-3-2-4-6-15/h2-6,11-14,16-17H,7-10H2,1H3. The maximum atomic E-state index is 13.8. The Balaban J connectivity index is 1.67. The number of aldehydes is 1. The van der Waals surface area contributed by atoms with Crippen LogP contribution in [-0.2, 0) is 4.79 Å². The van der Waals surface area contributed by atoms with E-state index in [1.54, 1.807) is 12.1 Å². The number of carbonyl (C=O) groups is 1. The zero-order valence-corrected chi connectivity index (χ0v) is 14.4. The second-order valence-corrected chi connectivity index (χ2v) is 7.41. The Morgan fingerprint density at radius 2 is 1.72 bits per heavy atom. The molecule has 128 valence electrons. The molecule has 0 aromatic heterocycles. The van der Waals surface area contributed by atoms with E-state index in [4.69, 9.17) is 0 Å². The lowest BCUT2D eigenvalue weighted by atomic mass is 9.72.